The zero-order valence-electron chi connectivity index (χ0n) is 83.5. The molecular formula is C114H165O3P. The van der Waals surface area contributed by atoms with Gasteiger partial charge in [-0.1, -0.05) is 475 Å². The summed E-state index contributed by atoms with van der Waals surface area (Å²) in [5, 5.41) is 0. The van der Waals surface area contributed by atoms with E-state index in [0.717, 1.165) is 0 Å². The van der Waals surface area contributed by atoms with Crippen molar-refractivity contribution in [1.82, 2.24) is 0 Å². The number of allylic oxidation sites excluding steroid dienone is 6. The topological polar surface area (TPSA) is 27.7 Å². The maximum atomic E-state index is 9.05. The molecule has 644 valence electrons. The van der Waals surface area contributed by atoms with E-state index in [1.807, 2.05) is 0 Å². The lowest BCUT2D eigenvalue weighted by atomic mass is 9.51. The predicted molar refractivity (Wildman–Crippen MR) is 519 cm³/mol. The minimum atomic E-state index is -2.56. The van der Waals surface area contributed by atoms with Crippen LogP contribution in [0, 0.1) is 16.2 Å². The van der Waals surface area contributed by atoms with Gasteiger partial charge in [-0.3, -0.25) is 0 Å². The molecule has 0 fully saturated rings. The van der Waals surface area contributed by atoms with Crippen LogP contribution in [-0.2, 0) is 94.8 Å². The third-order valence-electron chi connectivity index (χ3n) is 26.7. The van der Waals surface area contributed by atoms with E-state index in [-0.39, 0.29) is 65.0 Å². The summed E-state index contributed by atoms with van der Waals surface area (Å²) in [5.41, 5.74) is 19.8. The number of rotatable bonds is 12. The number of hydrogen-bond acceptors (Lipinski definition) is 3. The third kappa shape index (κ3) is 18.4. The average Bonchev–Trinajstić information content (AvgIpc) is 0.707. The Kier molecular flexibility index (Phi) is 25.5. The molecule has 3 nitrogen and oxygen atoms in total. The Morgan fingerprint density at radius 2 is 0.381 bits per heavy atom. The van der Waals surface area contributed by atoms with Gasteiger partial charge in [0.1, 0.15) is 0 Å². The molecular weight excluding hydrogens is 1450 g/mol. The van der Waals surface area contributed by atoms with Crippen LogP contribution in [0.15, 0.2) is 164 Å². The number of benzene rings is 6. The first-order valence-electron chi connectivity index (χ1n) is 44.9. The third-order valence-corrected chi connectivity index (χ3v) is 27.9. The van der Waals surface area contributed by atoms with Gasteiger partial charge in [0.2, 0.25) is 0 Å². The van der Waals surface area contributed by atoms with Crippen LogP contribution in [0.25, 0.3) is 16.7 Å². The van der Waals surface area contributed by atoms with Crippen LogP contribution >= 0.6 is 8.60 Å². The zero-order chi connectivity index (χ0) is 89.6. The average molecular weight is 1610 g/mol. The van der Waals surface area contributed by atoms with Crippen LogP contribution in [0.3, 0.4) is 0 Å². The molecule has 9 rings (SSSR count). The van der Waals surface area contributed by atoms with Gasteiger partial charge in [0.15, 0.2) is 0 Å². The minimum absolute atomic E-state index is 0.104. The Hall–Kier alpha value is -5.93. The van der Waals surface area contributed by atoms with E-state index in [2.05, 4.69) is 475 Å². The van der Waals surface area contributed by atoms with Gasteiger partial charge in [-0.05, 0) is 198 Å². The Balaban J connectivity index is 1.55. The van der Waals surface area contributed by atoms with Gasteiger partial charge >= 0.3 is 8.60 Å². The maximum Gasteiger partial charge on any atom is 0.334 e. The molecule has 3 aliphatic carbocycles. The Morgan fingerprint density at radius 3 is 0.542 bits per heavy atom. The summed E-state index contributed by atoms with van der Waals surface area (Å²) in [4.78, 5) is 0. The molecule has 0 heterocycles. The normalized spacial score (nSPS) is 21.7. The Labute approximate surface area is 725 Å². The zero-order valence-corrected chi connectivity index (χ0v) is 84.4. The van der Waals surface area contributed by atoms with E-state index >= 15 is 0 Å². The van der Waals surface area contributed by atoms with Crippen LogP contribution in [0.5, 0.6) is 0 Å². The predicted octanol–water partition coefficient (Wildman–Crippen LogP) is 32.9. The van der Waals surface area contributed by atoms with Crippen molar-refractivity contribution in [1.29, 1.82) is 0 Å². The minimum Gasteiger partial charge on any atom is -0.303 e. The molecule has 118 heavy (non-hydrogen) atoms. The molecule has 6 aromatic rings. The summed E-state index contributed by atoms with van der Waals surface area (Å²) in [7, 11) is -2.56. The summed E-state index contributed by atoms with van der Waals surface area (Å²) >= 11 is 0. The molecule has 0 radical (unpaired) electrons. The fraction of sp³-hybridized carbons (Fsp3) is 0.579. The lowest BCUT2D eigenvalue weighted by Gasteiger charge is -2.57. The molecule has 0 amide bonds. The molecule has 0 N–H and O–H groups in total. The quantitative estimate of drug-likeness (QED) is 0.114. The van der Waals surface area contributed by atoms with Crippen LogP contribution in [-0.4, -0.2) is 18.3 Å². The summed E-state index contributed by atoms with van der Waals surface area (Å²) < 4.78 is 27.2. The van der Waals surface area contributed by atoms with Gasteiger partial charge in [0, 0.05) is 0 Å². The first kappa shape index (κ1) is 95.9. The highest BCUT2D eigenvalue weighted by molar-refractivity contribution is 7.41. The van der Waals surface area contributed by atoms with Crippen molar-refractivity contribution in [2.75, 3.05) is 0 Å². The van der Waals surface area contributed by atoms with Gasteiger partial charge in [0.25, 0.3) is 0 Å². The molecule has 6 unspecified atom stereocenters. The van der Waals surface area contributed by atoms with Gasteiger partial charge in [0.05, 0.1) is 34.6 Å². The lowest BCUT2D eigenvalue weighted by molar-refractivity contribution is 0.00978. The van der Waals surface area contributed by atoms with E-state index < -0.39 is 59.4 Å². The monoisotopic (exact) mass is 1610 g/mol. The SMILES string of the molecule is CC(C)(C)c1ccc(C2=CC=CC(OP(OC3C=CC=C(c4ccc(C(C)(C)C)cc4C(C)(C)C)C3(c3ccc(C(C)(C)C)cc3C(C)(C)C)C(C)(C)C)OC3C=CC=C(c4ccc(C(C)(C)C)cc4C(C)(C)C)C3(c3ccc(C(C)(C)C)cc3C(C)(C)C)C(C)(C)C)C2(c2ccc(C(C)(C)C)cc2C(C)(C)C)C(C)(C)C)c(C(C)(C)C)c1. The van der Waals surface area contributed by atoms with Crippen LogP contribution in [0.1, 0.15) is 412 Å². The maximum absolute atomic E-state index is 9.05. The second-order valence-corrected chi connectivity index (χ2v) is 52.5. The van der Waals surface area contributed by atoms with Crippen molar-refractivity contribution in [3.63, 3.8) is 0 Å². The van der Waals surface area contributed by atoms with Gasteiger partial charge < -0.3 is 13.6 Å². The first-order valence-corrected chi connectivity index (χ1v) is 46.0. The van der Waals surface area contributed by atoms with Gasteiger partial charge in [-0.25, -0.2) is 0 Å². The molecule has 0 spiro atoms. The van der Waals surface area contributed by atoms with Crippen molar-refractivity contribution >= 4 is 25.3 Å². The molecule has 6 atom stereocenters. The Bertz CT molecular complexity index is 4400. The molecule has 0 saturated carbocycles. The lowest BCUT2D eigenvalue weighted by Crippen LogP contribution is -2.55. The second kappa shape index (κ2) is 31.4. The highest BCUT2D eigenvalue weighted by Crippen LogP contribution is 2.68. The molecule has 3 aliphatic rings. The summed E-state index contributed by atoms with van der Waals surface area (Å²) in [5.74, 6) is 0. The van der Waals surface area contributed by atoms with E-state index in [1.165, 1.54) is 117 Å². The highest BCUT2D eigenvalue weighted by atomic mass is 31.2. The van der Waals surface area contributed by atoms with Crippen molar-refractivity contribution < 1.29 is 13.6 Å². The van der Waals surface area contributed by atoms with E-state index in [0.29, 0.717) is 0 Å². The molecule has 4 heteroatoms. The van der Waals surface area contributed by atoms with Crippen LogP contribution in [0.2, 0.25) is 0 Å². The van der Waals surface area contributed by atoms with E-state index in [9.17, 15) is 0 Å². The fourth-order valence-corrected chi connectivity index (χ4v) is 21.2. The highest BCUT2D eigenvalue weighted by Gasteiger charge is 2.62. The van der Waals surface area contributed by atoms with Crippen LogP contribution in [0.4, 0.5) is 0 Å². The largest absolute Gasteiger partial charge is 0.334 e. The van der Waals surface area contributed by atoms with E-state index in [4.69, 9.17) is 13.6 Å². The van der Waals surface area contributed by atoms with Crippen molar-refractivity contribution in [2.24, 2.45) is 16.2 Å². The molecule has 0 aliphatic heterocycles. The summed E-state index contributed by atoms with van der Waals surface area (Å²) in [6, 6.07) is 44.9. The van der Waals surface area contributed by atoms with Crippen molar-refractivity contribution in [3.05, 3.63) is 264 Å². The first-order chi connectivity index (χ1) is 53.0. The van der Waals surface area contributed by atoms with E-state index in [1.54, 1.807) is 0 Å². The van der Waals surface area contributed by atoms with Crippen LogP contribution < -0.4 is 0 Å². The molecule has 0 saturated heterocycles. The fourth-order valence-electron chi connectivity index (χ4n) is 19.8. The molecule has 6 aromatic carbocycles. The molecule has 0 aromatic heterocycles. The smallest absolute Gasteiger partial charge is 0.303 e. The van der Waals surface area contributed by atoms with Gasteiger partial charge in [-0.2, -0.15) is 0 Å². The Morgan fingerprint density at radius 1 is 0.212 bits per heavy atom. The number of hydrogen-bond donors (Lipinski definition) is 0. The second-order valence-electron chi connectivity index (χ2n) is 51.4. The summed E-state index contributed by atoms with van der Waals surface area (Å²) in [6.45, 7) is 108. The molecule has 0 bridgehead atoms. The standard InChI is InChI=1S/C114H165O3P/c1-97(2,3)73-55-61-79(88(67-73)103(19,20)21)82-49-46-52-94(112(82,109(37,38)39)85-64-58-76(100(10,11)12)70-91(85)106(28,29)30)115-118(116-95-53-47-50-83(80-62-56-74(98(4,5)6)68-89(80)104(22,23)24)113(95,110(40,41)42)86-65-59-77(101(13,14)15)71-92(86)107(31,32)33)117-96-54-48-51-84(81-63-57-75(99(7,8)9)69-90(81)105(25,26)27)114(96,111(43,44)45)87-66-60-78(102(16,17)18)72-93(87)108(34,35)36/h46-72,94-96H,1-45H3. The summed E-state index contributed by atoms with van der Waals surface area (Å²) in [6.07, 6.45) is 19.5. The van der Waals surface area contributed by atoms with Gasteiger partial charge in [-0.15, -0.1) is 0 Å². The van der Waals surface area contributed by atoms with Crippen molar-refractivity contribution in [2.45, 2.75) is 411 Å². The van der Waals surface area contributed by atoms with Crippen molar-refractivity contribution in [3.8, 4) is 0 Å².